The molecule has 1 fully saturated rings. The van der Waals surface area contributed by atoms with Gasteiger partial charge in [-0.15, -0.1) is 0 Å². The molecule has 2 rings (SSSR count). The Kier molecular flexibility index (Phi) is 4.24. The van der Waals surface area contributed by atoms with Gasteiger partial charge in [-0.2, -0.15) is 0 Å². The monoisotopic (exact) mass is 258 g/mol. The van der Waals surface area contributed by atoms with E-state index in [0.717, 1.165) is 0 Å². The summed E-state index contributed by atoms with van der Waals surface area (Å²) < 4.78 is 39.9. The van der Waals surface area contributed by atoms with Crippen molar-refractivity contribution in [1.29, 1.82) is 0 Å². The van der Waals surface area contributed by atoms with E-state index in [0.29, 0.717) is 37.3 Å². The van der Waals surface area contributed by atoms with E-state index in [1.807, 2.05) is 0 Å². The largest absolute Gasteiger partial charge is 0.314 e. The molecule has 2 nitrogen and oxygen atoms in total. The Hall–Kier alpha value is -1.07. The molecule has 0 aromatic heterocycles. The zero-order valence-electron chi connectivity index (χ0n) is 10.3. The molecule has 0 saturated carbocycles. The van der Waals surface area contributed by atoms with Crippen LogP contribution in [0.5, 0.6) is 0 Å². The number of hydrogen-bond acceptors (Lipinski definition) is 2. The number of rotatable bonds is 3. The molecule has 0 radical (unpaired) electrons. The summed E-state index contributed by atoms with van der Waals surface area (Å²) in [5.74, 6) is -0.423. The number of piperazine rings is 1. The minimum absolute atomic E-state index is 0.356. The smallest absolute Gasteiger partial charge is 0.258 e. The van der Waals surface area contributed by atoms with Crippen LogP contribution in [-0.2, 0) is 0 Å². The minimum atomic E-state index is -2.51. The first-order valence-electron chi connectivity index (χ1n) is 6.08. The highest BCUT2D eigenvalue weighted by molar-refractivity contribution is 5.26. The standard InChI is InChI=1S/C13H17F3N2/c1-9-2-3-10(8-11(9)14)12(13(15)16)18-6-4-17-5-7-18/h2-3,8,12-13,17H,4-7H2,1H3/t12-/m1/s1. The predicted molar refractivity (Wildman–Crippen MR) is 64.3 cm³/mol. The minimum Gasteiger partial charge on any atom is -0.314 e. The van der Waals surface area contributed by atoms with Crippen molar-refractivity contribution in [1.82, 2.24) is 10.2 Å². The van der Waals surface area contributed by atoms with E-state index >= 15 is 0 Å². The SMILES string of the molecule is Cc1ccc([C@H](C(F)F)N2CCNCC2)cc1F. The first-order chi connectivity index (χ1) is 8.59. The quantitative estimate of drug-likeness (QED) is 0.895. The molecule has 1 aromatic carbocycles. The van der Waals surface area contributed by atoms with E-state index in [1.165, 1.54) is 6.07 Å². The van der Waals surface area contributed by atoms with Crippen molar-refractivity contribution in [3.63, 3.8) is 0 Å². The molecule has 1 N–H and O–H groups in total. The van der Waals surface area contributed by atoms with Crippen LogP contribution in [0.15, 0.2) is 18.2 Å². The van der Waals surface area contributed by atoms with E-state index in [9.17, 15) is 13.2 Å². The summed E-state index contributed by atoms with van der Waals surface area (Å²) >= 11 is 0. The summed E-state index contributed by atoms with van der Waals surface area (Å²) in [5, 5.41) is 3.12. The van der Waals surface area contributed by atoms with Crippen molar-refractivity contribution in [3.8, 4) is 0 Å². The fraction of sp³-hybridized carbons (Fsp3) is 0.538. The fourth-order valence-corrected chi connectivity index (χ4v) is 2.27. The molecular weight excluding hydrogens is 241 g/mol. The summed E-state index contributed by atoms with van der Waals surface area (Å²) in [7, 11) is 0. The van der Waals surface area contributed by atoms with Crippen molar-refractivity contribution >= 4 is 0 Å². The maximum Gasteiger partial charge on any atom is 0.258 e. The van der Waals surface area contributed by atoms with E-state index in [1.54, 1.807) is 24.0 Å². The van der Waals surface area contributed by atoms with Gasteiger partial charge < -0.3 is 5.32 Å². The lowest BCUT2D eigenvalue weighted by molar-refractivity contribution is 0.0180. The number of halogens is 3. The zero-order valence-corrected chi connectivity index (χ0v) is 10.3. The van der Waals surface area contributed by atoms with Crippen molar-refractivity contribution in [2.24, 2.45) is 0 Å². The van der Waals surface area contributed by atoms with Gasteiger partial charge in [0.15, 0.2) is 0 Å². The van der Waals surface area contributed by atoms with Gasteiger partial charge in [-0.25, -0.2) is 13.2 Å². The van der Waals surface area contributed by atoms with Crippen LogP contribution in [0.25, 0.3) is 0 Å². The third-order valence-corrected chi connectivity index (χ3v) is 3.32. The van der Waals surface area contributed by atoms with Gasteiger partial charge in [0.05, 0.1) is 6.04 Å². The van der Waals surface area contributed by atoms with E-state index in [4.69, 9.17) is 0 Å². The Morgan fingerprint density at radius 2 is 1.89 bits per heavy atom. The molecule has 1 saturated heterocycles. The Balaban J connectivity index is 2.25. The molecule has 1 aromatic rings. The second-order valence-corrected chi connectivity index (χ2v) is 4.57. The van der Waals surface area contributed by atoms with Crippen molar-refractivity contribution in [3.05, 3.63) is 35.1 Å². The van der Waals surface area contributed by atoms with Gasteiger partial charge in [0.2, 0.25) is 0 Å². The average molecular weight is 258 g/mol. The molecule has 0 bridgehead atoms. The van der Waals surface area contributed by atoms with Gasteiger partial charge in [-0.3, -0.25) is 4.90 Å². The Labute approximate surface area is 105 Å². The molecule has 100 valence electrons. The highest BCUT2D eigenvalue weighted by atomic mass is 19.3. The first kappa shape index (κ1) is 13.4. The fourth-order valence-electron chi connectivity index (χ4n) is 2.27. The first-order valence-corrected chi connectivity index (χ1v) is 6.08. The number of nitrogens with one attached hydrogen (secondary N) is 1. The van der Waals surface area contributed by atoms with Crippen molar-refractivity contribution in [2.75, 3.05) is 26.2 Å². The van der Waals surface area contributed by atoms with Gasteiger partial charge >= 0.3 is 0 Å². The second-order valence-electron chi connectivity index (χ2n) is 4.57. The third kappa shape index (κ3) is 2.84. The van der Waals surface area contributed by atoms with Crippen molar-refractivity contribution in [2.45, 2.75) is 19.4 Å². The molecule has 5 heteroatoms. The van der Waals surface area contributed by atoms with Gasteiger partial charge in [-0.05, 0) is 24.1 Å². The number of benzene rings is 1. The lowest BCUT2D eigenvalue weighted by Gasteiger charge is -2.34. The molecule has 1 aliphatic heterocycles. The van der Waals surface area contributed by atoms with Gasteiger partial charge in [0.25, 0.3) is 6.43 Å². The molecule has 18 heavy (non-hydrogen) atoms. The molecule has 0 unspecified atom stereocenters. The predicted octanol–water partition coefficient (Wildman–Crippen LogP) is 2.35. The second kappa shape index (κ2) is 5.71. The molecule has 1 heterocycles. The molecule has 0 spiro atoms. The van der Waals surface area contributed by atoms with Gasteiger partial charge in [0.1, 0.15) is 5.82 Å². The van der Waals surface area contributed by atoms with E-state index < -0.39 is 18.3 Å². The van der Waals surface area contributed by atoms with E-state index in [2.05, 4.69) is 5.32 Å². The Morgan fingerprint density at radius 3 is 2.44 bits per heavy atom. The van der Waals surface area contributed by atoms with Crippen LogP contribution in [-0.4, -0.2) is 37.5 Å². The number of alkyl halides is 2. The summed E-state index contributed by atoms with van der Waals surface area (Å²) in [6.07, 6.45) is -2.51. The Bertz CT molecular complexity index is 403. The molecule has 0 aliphatic carbocycles. The van der Waals surface area contributed by atoms with E-state index in [-0.39, 0.29) is 0 Å². The van der Waals surface area contributed by atoms with Crippen molar-refractivity contribution < 1.29 is 13.2 Å². The van der Waals surface area contributed by atoms with Crippen LogP contribution in [0.1, 0.15) is 17.2 Å². The summed E-state index contributed by atoms with van der Waals surface area (Å²) in [6, 6.07) is 3.37. The Morgan fingerprint density at radius 1 is 1.22 bits per heavy atom. The highest BCUT2D eigenvalue weighted by Gasteiger charge is 2.30. The maximum atomic E-state index is 13.5. The zero-order chi connectivity index (χ0) is 13.1. The summed E-state index contributed by atoms with van der Waals surface area (Å²) in [4.78, 5) is 1.71. The number of nitrogens with zero attached hydrogens (tertiary/aromatic N) is 1. The number of hydrogen-bond donors (Lipinski definition) is 1. The van der Waals surface area contributed by atoms with Crippen LogP contribution >= 0.6 is 0 Å². The summed E-state index contributed by atoms with van der Waals surface area (Å²) in [5.41, 5.74) is 0.835. The number of aryl methyl sites for hydroxylation is 1. The molecule has 1 aliphatic rings. The maximum absolute atomic E-state index is 13.5. The summed E-state index contributed by atoms with van der Waals surface area (Å²) in [6.45, 7) is 4.13. The van der Waals surface area contributed by atoms with Crippen LogP contribution < -0.4 is 5.32 Å². The normalized spacial score (nSPS) is 19.2. The third-order valence-electron chi connectivity index (χ3n) is 3.32. The lowest BCUT2D eigenvalue weighted by Crippen LogP contribution is -2.46. The molecular formula is C13H17F3N2. The van der Waals surface area contributed by atoms with Gasteiger partial charge in [-0.1, -0.05) is 12.1 Å². The molecule has 0 amide bonds. The van der Waals surface area contributed by atoms with Crippen LogP contribution in [0, 0.1) is 12.7 Å². The lowest BCUT2D eigenvalue weighted by atomic mass is 10.0. The molecule has 1 atom stereocenters. The van der Waals surface area contributed by atoms with Gasteiger partial charge in [0, 0.05) is 26.2 Å². The highest BCUT2D eigenvalue weighted by Crippen LogP contribution is 2.28. The topological polar surface area (TPSA) is 15.3 Å². The van der Waals surface area contributed by atoms with Crippen LogP contribution in [0.4, 0.5) is 13.2 Å². The average Bonchev–Trinajstić information content (AvgIpc) is 2.35. The van der Waals surface area contributed by atoms with Crippen LogP contribution in [0.2, 0.25) is 0 Å². The van der Waals surface area contributed by atoms with Crippen LogP contribution in [0.3, 0.4) is 0 Å².